The van der Waals surface area contributed by atoms with Crippen LogP contribution in [0.1, 0.15) is 25.8 Å². The number of nitrogens with one attached hydrogen (secondary N) is 2. The van der Waals surface area contributed by atoms with Crippen molar-refractivity contribution in [1.29, 1.82) is 0 Å². The largest absolute Gasteiger partial charge is 0.443 e. The molecule has 2 fully saturated rings. The van der Waals surface area contributed by atoms with E-state index in [4.69, 9.17) is 14.2 Å². The van der Waals surface area contributed by atoms with Gasteiger partial charge in [-0.1, -0.05) is 56.3 Å². The number of carbonyl (C=O) groups is 1. The fraction of sp³-hybridized carbons (Fsp3) is 0.484. The van der Waals surface area contributed by atoms with Gasteiger partial charge in [0.05, 0.1) is 41.9 Å². The number of aliphatic hydroxyl groups excluding tert-OH is 1. The van der Waals surface area contributed by atoms with Gasteiger partial charge >= 0.3 is 6.09 Å². The van der Waals surface area contributed by atoms with E-state index in [-0.39, 0.29) is 49.1 Å². The summed E-state index contributed by atoms with van der Waals surface area (Å²) in [4.78, 5) is 17.7. The molecule has 44 heavy (non-hydrogen) atoms. The van der Waals surface area contributed by atoms with Crippen LogP contribution in [0.5, 0.6) is 0 Å². The molecule has 0 aliphatic carbocycles. The first-order valence-corrected chi connectivity index (χ1v) is 17.1. The van der Waals surface area contributed by atoms with Gasteiger partial charge in [-0.05, 0) is 36.5 Å². The van der Waals surface area contributed by atoms with Crippen LogP contribution in [-0.4, -0.2) is 86.8 Å². The summed E-state index contributed by atoms with van der Waals surface area (Å²) in [6.45, 7) is 4.59. The van der Waals surface area contributed by atoms with Gasteiger partial charge < -0.3 is 30.0 Å². The van der Waals surface area contributed by atoms with Gasteiger partial charge in [-0.15, -0.1) is 11.3 Å². The van der Waals surface area contributed by atoms with Crippen LogP contribution in [0, 0.1) is 11.8 Å². The highest BCUT2D eigenvalue weighted by atomic mass is 32.2. The molecular weight excluding hydrogens is 604 g/mol. The molecule has 13 heteroatoms. The molecule has 2 saturated heterocycles. The van der Waals surface area contributed by atoms with Crippen molar-refractivity contribution in [2.75, 3.05) is 38.7 Å². The lowest BCUT2D eigenvalue weighted by Gasteiger charge is -2.31. The van der Waals surface area contributed by atoms with Gasteiger partial charge in [0.15, 0.2) is 11.4 Å². The lowest BCUT2D eigenvalue weighted by Crippen LogP contribution is -2.51. The summed E-state index contributed by atoms with van der Waals surface area (Å²) >= 11 is 1.47. The number of benzene rings is 2. The Morgan fingerprint density at radius 1 is 1.14 bits per heavy atom. The maximum Gasteiger partial charge on any atom is 0.407 e. The van der Waals surface area contributed by atoms with Crippen molar-refractivity contribution < 1.29 is 32.5 Å². The van der Waals surface area contributed by atoms with Crippen molar-refractivity contribution in [1.82, 2.24) is 14.6 Å². The first-order chi connectivity index (χ1) is 21.1. The number of amides is 1. The minimum absolute atomic E-state index is 0.0133. The molecule has 11 nitrogen and oxygen atoms in total. The molecule has 1 aromatic heterocycles. The molecular formula is C31H40N4O7S2. The van der Waals surface area contributed by atoms with Gasteiger partial charge in [-0.25, -0.2) is 18.2 Å². The van der Waals surface area contributed by atoms with E-state index in [0.717, 1.165) is 28.4 Å². The number of aliphatic hydroxyl groups is 1. The van der Waals surface area contributed by atoms with E-state index >= 15 is 0 Å². The normalized spacial score (nSPS) is 21.3. The number of thiazole rings is 1. The molecule has 0 spiro atoms. The number of alkyl carbamates (subject to hydrolysis) is 1. The predicted molar refractivity (Wildman–Crippen MR) is 168 cm³/mol. The maximum atomic E-state index is 13.9. The van der Waals surface area contributed by atoms with Crippen molar-refractivity contribution in [3.05, 3.63) is 65.5 Å². The number of hydrogen-bond donors (Lipinski definition) is 3. The molecule has 1 amide bonds. The Morgan fingerprint density at radius 2 is 1.89 bits per heavy atom. The highest BCUT2D eigenvalue weighted by molar-refractivity contribution is 7.89. The molecule has 0 bridgehead atoms. The number of rotatable bonds is 13. The first-order valence-electron chi connectivity index (χ1n) is 14.8. The summed E-state index contributed by atoms with van der Waals surface area (Å²) in [6.07, 6.45) is -1.72. The van der Waals surface area contributed by atoms with E-state index in [2.05, 4.69) is 15.6 Å². The third kappa shape index (κ3) is 7.76. The van der Waals surface area contributed by atoms with Crippen LogP contribution in [0.25, 0.3) is 11.3 Å². The number of hydrogen-bond acceptors (Lipinski definition) is 10. The average Bonchev–Trinajstić information content (AvgIpc) is 3.76. The Kier molecular flexibility index (Phi) is 10.5. The summed E-state index contributed by atoms with van der Waals surface area (Å²) in [5, 5.41) is 20.0. The Balaban J connectivity index is 1.32. The summed E-state index contributed by atoms with van der Waals surface area (Å²) < 4.78 is 45.9. The fourth-order valence-corrected chi connectivity index (χ4v) is 7.81. The maximum absolute atomic E-state index is 13.9. The molecule has 2 aliphatic rings. The van der Waals surface area contributed by atoms with E-state index in [9.17, 15) is 18.3 Å². The molecule has 3 N–H and O–H groups in total. The Bertz CT molecular complexity index is 1480. The zero-order chi connectivity index (χ0) is 31.3. The summed E-state index contributed by atoms with van der Waals surface area (Å²) in [5.74, 6) is -0.0437. The molecule has 2 aromatic carbocycles. The van der Waals surface area contributed by atoms with Gasteiger partial charge in [-0.3, -0.25) is 0 Å². The molecule has 5 atom stereocenters. The van der Waals surface area contributed by atoms with Crippen molar-refractivity contribution in [3.8, 4) is 11.3 Å². The Labute approximate surface area is 262 Å². The summed E-state index contributed by atoms with van der Waals surface area (Å²) in [7, 11) is -2.19. The minimum atomic E-state index is -3.98. The Hall–Kier alpha value is -3.07. The zero-order valence-electron chi connectivity index (χ0n) is 25.1. The molecule has 5 rings (SSSR count). The summed E-state index contributed by atoms with van der Waals surface area (Å²) in [6, 6.07) is 15.2. The van der Waals surface area contributed by atoms with Gasteiger partial charge in [0.1, 0.15) is 6.10 Å². The second kappa shape index (κ2) is 14.4. The number of nitrogens with zero attached hydrogens (tertiary/aromatic N) is 2. The van der Waals surface area contributed by atoms with Crippen molar-refractivity contribution in [2.45, 2.75) is 56.1 Å². The van der Waals surface area contributed by atoms with Crippen LogP contribution >= 0.6 is 11.3 Å². The molecule has 3 heterocycles. The number of carbonyl (C=O) groups excluding carboxylic acids is 1. The SMILES string of the molecule is CNc1nc(-c2ccc(S(=O)(=O)N(CC(C)C)C[C@@H](O)[C@H](Cc3ccccc3)NC(=O)O[C@H]3CO[C@H]4OCC[C@H]43)cc2)cs1. The second-order valence-electron chi connectivity index (χ2n) is 11.5. The highest BCUT2D eigenvalue weighted by Gasteiger charge is 2.44. The van der Waals surface area contributed by atoms with Crippen LogP contribution in [-0.2, 0) is 30.7 Å². The average molecular weight is 645 g/mol. The third-order valence-corrected chi connectivity index (χ3v) is 10.5. The molecule has 0 radical (unpaired) electrons. The molecule has 238 valence electrons. The molecule has 2 aliphatic heterocycles. The van der Waals surface area contributed by atoms with Crippen LogP contribution in [0.3, 0.4) is 0 Å². The van der Waals surface area contributed by atoms with Crippen LogP contribution < -0.4 is 10.6 Å². The lowest BCUT2D eigenvalue weighted by molar-refractivity contribution is -0.0907. The highest BCUT2D eigenvalue weighted by Crippen LogP contribution is 2.33. The number of fused-ring (bicyclic) bond motifs is 1. The predicted octanol–water partition coefficient (Wildman–Crippen LogP) is 3.96. The molecule has 0 unspecified atom stereocenters. The monoisotopic (exact) mass is 644 g/mol. The van der Waals surface area contributed by atoms with Gasteiger partial charge in [0.25, 0.3) is 0 Å². The topological polar surface area (TPSA) is 139 Å². The summed E-state index contributed by atoms with van der Waals surface area (Å²) in [5.41, 5.74) is 2.42. The van der Waals surface area contributed by atoms with Gasteiger partial charge in [-0.2, -0.15) is 4.31 Å². The van der Waals surface area contributed by atoms with E-state index in [1.165, 1.54) is 15.6 Å². The van der Waals surface area contributed by atoms with E-state index in [1.54, 1.807) is 31.3 Å². The van der Waals surface area contributed by atoms with Crippen molar-refractivity contribution in [3.63, 3.8) is 0 Å². The minimum Gasteiger partial charge on any atom is -0.443 e. The van der Waals surface area contributed by atoms with Crippen LogP contribution in [0.4, 0.5) is 9.93 Å². The standard InChI is InChI=1S/C31H40N4O7S2/c1-20(2)16-35(44(38,39)23-11-9-22(10-12-23)26-19-43-30(32-3)33-26)17-27(36)25(15-21-7-5-4-6-8-21)34-31(37)42-28-18-41-29-24(28)13-14-40-29/h4-12,19-20,24-25,27-29,36H,13-18H2,1-3H3,(H,32,33)(H,34,37)/t24-,25-,27+,28-,29+/m0/s1. The molecule has 0 saturated carbocycles. The molecule has 3 aromatic rings. The number of aromatic nitrogens is 1. The zero-order valence-corrected chi connectivity index (χ0v) is 26.7. The Morgan fingerprint density at radius 3 is 2.57 bits per heavy atom. The van der Waals surface area contributed by atoms with Gasteiger partial charge in [0.2, 0.25) is 10.0 Å². The fourth-order valence-electron chi connectivity index (χ4n) is 5.50. The lowest BCUT2D eigenvalue weighted by atomic mass is 10.0. The van der Waals surface area contributed by atoms with Crippen molar-refractivity contribution >= 4 is 32.6 Å². The number of anilines is 1. The van der Waals surface area contributed by atoms with Gasteiger partial charge in [0, 0.05) is 31.1 Å². The first kappa shape index (κ1) is 32.3. The third-order valence-electron chi connectivity index (χ3n) is 7.78. The van der Waals surface area contributed by atoms with Crippen LogP contribution in [0.15, 0.2) is 64.9 Å². The van der Waals surface area contributed by atoms with Crippen LogP contribution in [0.2, 0.25) is 0 Å². The second-order valence-corrected chi connectivity index (χ2v) is 14.3. The number of ether oxygens (including phenoxy) is 3. The van der Waals surface area contributed by atoms with E-state index in [0.29, 0.717) is 6.61 Å². The quantitative estimate of drug-likeness (QED) is 0.252. The van der Waals surface area contributed by atoms with E-state index < -0.39 is 34.4 Å². The van der Waals surface area contributed by atoms with E-state index in [1.807, 2.05) is 49.6 Å². The number of sulfonamides is 1. The smallest absolute Gasteiger partial charge is 0.407 e. The van der Waals surface area contributed by atoms with Crippen molar-refractivity contribution in [2.24, 2.45) is 11.8 Å².